The summed E-state index contributed by atoms with van der Waals surface area (Å²) in [5, 5.41) is 2.97. The summed E-state index contributed by atoms with van der Waals surface area (Å²) in [6.07, 6.45) is 2.63. The van der Waals surface area contributed by atoms with Gasteiger partial charge < -0.3 is 15.6 Å². The van der Waals surface area contributed by atoms with E-state index in [1.165, 1.54) is 0 Å². The number of nitrogens with zero attached hydrogens (tertiary/aromatic N) is 2. The van der Waals surface area contributed by atoms with Crippen LogP contribution in [0.5, 0.6) is 0 Å². The number of primary amides is 1. The molecule has 1 rings (SSSR count). The van der Waals surface area contributed by atoms with E-state index in [4.69, 9.17) is 5.73 Å². The number of carbonyl (C=O) groups excluding carboxylic acids is 1. The van der Waals surface area contributed by atoms with E-state index in [0.29, 0.717) is 6.42 Å². The van der Waals surface area contributed by atoms with Gasteiger partial charge in [0.2, 0.25) is 5.91 Å². The van der Waals surface area contributed by atoms with Crippen molar-refractivity contribution in [3.05, 3.63) is 17.7 Å². The van der Waals surface area contributed by atoms with Crippen molar-refractivity contribution < 1.29 is 4.79 Å². The van der Waals surface area contributed by atoms with Gasteiger partial charge in [-0.1, -0.05) is 0 Å². The molecule has 1 unspecified atom stereocenters. The van der Waals surface area contributed by atoms with E-state index in [9.17, 15) is 4.79 Å². The predicted octanol–water partition coefficient (Wildman–Crippen LogP) is 0.353. The molecule has 1 atom stereocenters. The lowest BCUT2D eigenvalue weighted by Gasteiger charge is -2.25. The Labute approximate surface area is 96.0 Å². The molecule has 5 heteroatoms. The molecule has 16 heavy (non-hydrogen) atoms. The van der Waals surface area contributed by atoms with Crippen molar-refractivity contribution in [2.45, 2.75) is 39.3 Å². The Kier molecular flexibility index (Phi) is 3.70. The number of likely N-dealkylation sites (N-methyl/N-ethyl adjacent to an activating group) is 1. The van der Waals surface area contributed by atoms with Gasteiger partial charge in [0.25, 0.3) is 0 Å². The largest absolute Gasteiger partial charge is 0.368 e. The number of hydrogen-bond donors (Lipinski definition) is 2. The van der Waals surface area contributed by atoms with Gasteiger partial charge >= 0.3 is 0 Å². The van der Waals surface area contributed by atoms with Crippen LogP contribution in [-0.4, -0.2) is 28.0 Å². The monoisotopic (exact) mass is 224 g/mol. The minimum absolute atomic E-state index is 0.329. The first-order chi connectivity index (χ1) is 7.39. The number of aryl methyl sites for hydroxylation is 3. The van der Waals surface area contributed by atoms with Crippen LogP contribution < -0.4 is 11.1 Å². The van der Waals surface area contributed by atoms with Gasteiger partial charge in [-0.25, -0.2) is 4.98 Å². The third kappa shape index (κ3) is 2.61. The highest BCUT2D eigenvalue weighted by molar-refractivity contribution is 5.84. The van der Waals surface area contributed by atoms with Crippen LogP contribution in [0.15, 0.2) is 6.20 Å². The number of rotatable bonds is 5. The topological polar surface area (TPSA) is 72.9 Å². The molecular weight excluding hydrogens is 204 g/mol. The normalized spacial score (nSPS) is 14.8. The molecule has 0 aromatic carbocycles. The summed E-state index contributed by atoms with van der Waals surface area (Å²) < 4.78 is 2.04. The first-order valence-electron chi connectivity index (χ1n) is 5.38. The molecule has 90 valence electrons. The van der Waals surface area contributed by atoms with E-state index in [1.807, 2.05) is 31.5 Å². The van der Waals surface area contributed by atoms with E-state index in [0.717, 1.165) is 18.1 Å². The summed E-state index contributed by atoms with van der Waals surface area (Å²) in [6.45, 7) is 6.45. The molecule has 0 bridgehead atoms. The second-order valence-corrected chi connectivity index (χ2v) is 4.32. The fraction of sp³-hybridized carbons (Fsp3) is 0.636. The third-order valence-corrected chi connectivity index (χ3v) is 3.04. The minimum Gasteiger partial charge on any atom is -0.368 e. The number of nitrogens with two attached hydrogens (primary N) is 1. The summed E-state index contributed by atoms with van der Waals surface area (Å²) in [5.41, 5.74) is 5.69. The molecular formula is C11H20N4O. The van der Waals surface area contributed by atoms with Gasteiger partial charge in [0, 0.05) is 12.7 Å². The lowest BCUT2D eigenvalue weighted by atomic mass is 9.97. The molecule has 3 N–H and O–H groups in total. The van der Waals surface area contributed by atoms with Gasteiger partial charge in [0.15, 0.2) is 0 Å². The zero-order valence-corrected chi connectivity index (χ0v) is 10.4. The Morgan fingerprint density at radius 1 is 1.62 bits per heavy atom. The molecule has 0 radical (unpaired) electrons. The molecule has 0 saturated heterocycles. The van der Waals surface area contributed by atoms with Crippen molar-refractivity contribution in [1.29, 1.82) is 0 Å². The lowest BCUT2D eigenvalue weighted by molar-refractivity contribution is -0.123. The first-order valence-corrected chi connectivity index (χ1v) is 5.38. The molecule has 0 aliphatic carbocycles. The second-order valence-electron chi connectivity index (χ2n) is 4.32. The summed E-state index contributed by atoms with van der Waals surface area (Å²) in [4.78, 5) is 15.6. The fourth-order valence-corrected chi connectivity index (χ4v) is 1.61. The number of imidazole rings is 1. The Morgan fingerprint density at radius 2 is 2.25 bits per heavy atom. The van der Waals surface area contributed by atoms with E-state index in [-0.39, 0.29) is 5.91 Å². The predicted molar refractivity (Wildman–Crippen MR) is 63.0 cm³/mol. The van der Waals surface area contributed by atoms with Crippen molar-refractivity contribution in [2.75, 3.05) is 7.05 Å². The van der Waals surface area contributed by atoms with Crippen LogP contribution in [0.1, 0.15) is 24.9 Å². The highest BCUT2D eigenvalue weighted by atomic mass is 16.1. The summed E-state index contributed by atoms with van der Waals surface area (Å²) >= 11 is 0. The van der Waals surface area contributed by atoms with Crippen molar-refractivity contribution in [1.82, 2.24) is 14.9 Å². The van der Waals surface area contributed by atoms with Crippen molar-refractivity contribution in [2.24, 2.45) is 5.73 Å². The molecule has 0 aliphatic heterocycles. The number of amides is 1. The SMILES string of the molecule is CNC(C)(CCn1cc(C)nc1C)C(N)=O. The molecule has 0 aliphatic rings. The molecule has 0 saturated carbocycles. The Bertz CT molecular complexity index is 385. The number of aromatic nitrogens is 2. The minimum atomic E-state index is -0.662. The van der Waals surface area contributed by atoms with Gasteiger partial charge in [-0.15, -0.1) is 0 Å². The first kappa shape index (κ1) is 12.7. The molecule has 1 heterocycles. The molecule has 0 spiro atoms. The number of nitrogens with one attached hydrogen (secondary N) is 1. The Balaban J connectivity index is 2.70. The van der Waals surface area contributed by atoms with Gasteiger partial charge in [-0.2, -0.15) is 0 Å². The van der Waals surface area contributed by atoms with Crippen LogP contribution in [0, 0.1) is 13.8 Å². The van der Waals surface area contributed by atoms with Crippen LogP contribution in [0.25, 0.3) is 0 Å². The van der Waals surface area contributed by atoms with E-state index >= 15 is 0 Å². The third-order valence-electron chi connectivity index (χ3n) is 3.04. The van der Waals surface area contributed by atoms with Gasteiger partial charge in [-0.05, 0) is 34.2 Å². The summed E-state index contributed by atoms with van der Waals surface area (Å²) in [7, 11) is 1.75. The van der Waals surface area contributed by atoms with Crippen LogP contribution in [0.2, 0.25) is 0 Å². The Morgan fingerprint density at radius 3 is 2.62 bits per heavy atom. The maximum absolute atomic E-state index is 11.3. The van der Waals surface area contributed by atoms with Gasteiger partial charge in [0.05, 0.1) is 11.2 Å². The smallest absolute Gasteiger partial charge is 0.237 e. The van der Waals surface area contributed by atoms with Crippen LogP contribution >= 0.6 is 0 Å². The highest BCUT2D eigenvalue weighted by Gasteiger charge is 2.28. The highest BCUT2D eigenvalue weighted by Crippen LogP contribution is 2.11. The van der Waals surface area contributed by atoms with Crippen LogP contribution in [0.4, 0.5) is 0 Å². The maximum Gasteiger partial charge on any atom is 0.237 e. The zero-order chi connectivity index (χ0) is 12.3. The Hall–Kier alpha value is -1.36. The number of hydrogen-bond acceptors (Lipinski definition) is 3. The summed E-state index contributed by atoms with van der Waals surface area (Å²) in [6, 6.07) is 0. The summed E-state index contributed by atoms with van der Waals surface area (Å²) in [5.74, 6) is 0.630. The molecule has 5 nitrogen and oxygen atoms in total. The van der Waals surface area contributed by atoms with Crippen molar-refractivity contribution >= 4 is 5.91 Å². The van der Waals surface area contributed by atoms with Gasteiger partial charge in [0.1, 0.15) is 5.82 Å². The molecule has 0 fully saturated rings. The van der Waals surface area contributed by atoms with Crippen LogP contribution in [0.3, 0.4) is 0 Å². The molecule has 1 aromatic rings. The lowest BCUT2D eigenvalue weighted by Crippen LogP contribution is -2.52. The standard InChI is InChI=1S/C11H20N4O/c1-8-7-15(9(2)14-8)6-5-11(3,13-4)10(12)16/h7,13H,5-6H2,1-4H3,(H2,12,16). The maximum atomic E-state index is 11.3. The number of carbonyl (C=O) groups is 1. The second kappa shape index (κ2) is 4.65. The van der Waals surface area contributed by atoms with E-state index < -0.39 is 5.54 Å². The quantitative estimate of drug-likeness (QED) is 0.758. The van der Waals surface area contributed by atoms with E-state index in [2.05, 4.69) is 10.3 Å². The molecule has 1 aromatic heterocycles. The van der Waals surface area contributed by atoms with Crippen molar-refractivity contribution in [3.8, 4) is 0 Å². The van der Waals surface area contributed by atoms with Gasteiger partial charge in [-0.3, -0.25) is 4.79 Å². The van der Waals surface area contributed by atoms with Crippen LogP contribution in [-0.2, 0) is 11.3 Å². The average Bonchev–Trinajstić information content (AvgIpc) is 2.53. The average molecular weight is 224 g/mol. The molecule has 1 amide bonds. The fourth-order valence-electron chi connectivity index (χ4n) is 1.61. The van der Waals surface area contributed by atoms with E-state index in [1.54, 1.807) is 7.05 Å². The van der Waals surface area contributed by atoms with Crippen molar-refractivity contribution in [3.63, 3.8) is 0 Å². The zero-order valence-electron chi connectivity index (χ0n) is 10.4.